The second kappa shape index (κ2) is 11.0. The highest BCUT2D eigenvalue weighted by atomic mass is 32.2. The van der Waals surface area contributed by atoms with Crippen molar-refractivity contribution in [1.82, 2.24) is 14.9 Å². The second-order valence-electron chi connectivity index (χ2n) is 8.01. The van der Waals surface area contributed by atoms with E-state index < -0.39 is 44.7 Å². The summed E-state index contributed by atoms with van der Waals surface area (Å²) >= 11 is 0. The molecule has 1 unspecified atom stereocenters. The summed E-state index contributed by atoms with van der Waals surface area (Å²) < 4.78 is 51.1. The fraction of sp³-hybridized carbons (Fsp3) is 0.571. The number of carbonyl (C=O) groups is 3. The van der Waals surface area contributed by atoms with Crippen molar-refractivity contribution in [2.75, 3.05) is 26.3 Å². The van der Waals surface area contributed by atoms with E-state index in [1.165, 1.54) is 6.92 Å². The Kier molecular flexibility index (Phi) is 8.38. The maximum Gasteiger partial charge on any atom is 0.338 e. The first kappa shape index (κ1) is 25.1. The molecule has 3 amide bonds. The Morgan fingerprint density at radius 1 is 1.15 bits per heavy atom. The number of sulfonamides is 1. The lowest BCUT2D eigenvalue weighted by Gasteiger charge is -2.26. The van der Waals surface area contributed by atoms with Crippen LogP contribution in [0.4, 0.5) is 9.18 Å². The van der Waals surface area contributed by atoms with E-state index in [1.807, 2.05) is 0 Å². The van der Waals surface area contributed by atoms with E-state index in [1.54, 1.807) is 0 Å². The van der Waals surface area contributed by atoms with Crippen molar-refractivity contribution in [1.29, 1.82) is 0 Å². The molecule has 1 aliphatic heterocycles. The first-order valence-electron chi connectivity index (χ1n) is 10.9. The average molecular weight is 486 g/mol. The van der Waals surface area contributed by atoms with Crippen LogP contribution in [0.15, 0.2) is 23.1 Å². The third-order valence-electron chi connectivity index (χ3n) is 5.58. The molecule has 0 spiro atoms. The molecule has 2 aliphatic rings. The number of benzene rings is 1. The summed E-state index contributed by atoms with van der Waals surface area (Å²) in [5.74, 6) is -2.87. The number of halogens is 1. The highest BCUT2D eigenvalue weighted by Gasteiger charge is 2.30. The van der Waals surface area contributed by atoms with E-state index in [0.29, 0.717) is 0 Å². The molecule has 1 saturated carbocycles. The van der Waals surface area contributed by atoms with Gasteiger partial charge in [0.2, 0.25) is 10.0 Å². The number of rotatable bonds is 6. The molecule has 2 fully saturated rings. The lowest BCUT2D eigenvalue weighted by molar-refractivity contribution is -0.127. The normalized spacial score (nSPS) is 18.8. The van der Waals surface area contributed by atoms with Gasteiger partial charge in [0.1, 0.15) is 10.7 Å². The fourth-order valence-corrected chi connectivity index (χ4v) is 5.22. The quantitative estimate of drug-likeness (QED) is 0.585. The molecule has 1 heterocycles. The minimum atomic E-state index is -4.19. The maximum absolute atomic E-state index is 14.3. The number of imide groups is 1. The minimum absolute atomic E-state index is 0.00421. The number of ether oxygens (including phenoxy) is 2. The van der Waals surface area contributed by atoms with Crippen molar-refractivity contribution >= 4 is 27.9 Å². The molecule has 1 saturated heterocycles. The lowest BCUT2D eigenvalue weighted by Crippen LogP contribution is -2.48. The molecule has 0 aromatic heterocycles. The van der Waals surface area contributed by atoms with E-state index in [2.05, 4.69) is 10.6 Å². The van der Waals surface area contributed by atoms with Gasteiger partial charge in [-0.05, 0) is 38.0 Å². The first-order chi connectivity index (χ1) is 15.7. The number of nitrogens with zero attached hydrogens (tertiary/aromatic N) is 1. The van der Waals surface area contributed by atoms with Crippen molar-refractivity contribution in [3.8, 4) is 0 Å². The Bertz CT molecular complexity index is 990. The topological polar surface area (TPSA) is 131 Å². The molecule has 2 N–H and O–H groups in total. The van der Waals surface area contributed by atoms with Gasteiger partial charge in [-0.1, -0.05) is 19.3 Å². The van der Waals surface area contributed by atoms with Crippen molar-refractivity contribution in [2.45, 2.75) is 56.1 Å². The van der Waals surface area contributed by atoms with E-state index in [4.69, 9.17) is 9.47 Å². The Labute approximate surface area is 191 Å². The Balaban J connectivity index is 1.61. The molecule has 12 heteroatoms. The van der Waals surface area contributed by atoms with E-state index in [0.717, 1.165) is 54.6 Å². The number of carbonyl (C=O) groups excluding carboxylic acids is 3. The van der Waals surface area contributed by atoms with Crippen LogP contribution in [0, 0.1) is 5.82 Å². The van der Waals surface area contributed by atoms with Gasteiger partial charge in [0, 0.05) is 19.1 Å². The number of hydrogen-bond donors (Lipinski definition) is 2. The van der Waals surface area contributed by atoms with Crippen LogP contribution in [0.3, 0.4) is 0 Å². The van der Waals surface area contributed by atoms with Crippen molar-refractivity contribution in [3.63, 3.8) is 0 Å². The summed E-state index contributed by atoms with van der Waals surface area (Å²) in [4.78, 5) is 36.1. The van der Waals surface area contributed by atoms with Crippen molar-refractivity contribution in [2.24, 2.45) is 0 Å². The van der Waals surface area contributed by atoms with Gasteiger partial charge in [-0.25, -0.2) is 22.4 Å². The summed E-state index contributed by atoms with van der Waals surface area (Å²) in [5.41, 5.74) is -0.241. The minimum Gasteiger partial charge on any atom is -0.449 e. The Morgan fingerprint density at radius 2 is 1.82 bits per heavy atom. The van der Waals surface area contributed by atoms with Crippen LogP contribution in [-0.4, -0.2) is 69.1 Å². The number of nitrogens with one attached hydrogen (secondary N) is 2. The summed E-state index contributed by atoms with van der Waals surface area (Å²) in [6, 6.07) is 2.12. The average Bonchev–Trinajstić information content (AvgIpc) is 2.80. The Hall–Kier alpha value is -2.57. The summed E-state index contributed by atoms with van der Waals surface area (Å²) in [6.07, 6.45) is 3.48. The smallest absolute Gasteiger partial charge is 0.338 e. The lowest BCUT2D eigenvalue weighted by atomic mass is 9.96. The monoisotopic (exact) mass is 485 g/mol. The number of hydrogen-bond acceptors (Lipinski definition) is 7. The Morgan fingerprint density at radius 3 is 2.48 bits per heavy atom. The fourth-order valence-electron chi connectivity index (χ4n) is 3.72. The highest BCUT2D eigenvalue weighted by Crippen LogP contribution is 2.22. The molecule has 1 aromatic carbocycles. The van der Waals surface area contributed by atoms with Gasteiger partial charge in [-0.15, -0.1) is 0 Å². The molecule has 1 aromatic rings. The molecule has 0 bridgehead atoms. The van der Waals surface area contributed by atoms with E-state index >= 15 is 0 Å². The predicted octanol–water partition coefficient (Wildman–Crippen LogP) is 1.55. The zero-order valence-corrected chi connectivity index (χ0v) is 19.2. The molecule has 0 radical (unpaired) electrons. The zero-order chi connectivity index (χ0) is 24.0. The number of urea groups is 1. The molecule has 3 rings (SSSR count). The predicted molar refractivity (Wildman–Crippen MR) is 114 cm³/mol. The maximum atomic E-state index is 14.3. The molecule has 33 heavy (non-hydrogen) atoms. The third kappa shape index (κ3) is 6.49. The molecule has 1 aliphatic carbocycles. The van der Waals surface area contributed by atoms with Gasteiger partial charge in [0.25, 0.3) is 5.91 Å². The van der Waals surface area contributed by atoms with Gasteiger partial charge in [0.15, 0.2) is 6.10 Å². The number of amides is 3. The van der Waals surface area contributed by atoms with Gasteiger partial charge in [-0.2, -0.15) is 4.31 Å². The van der Waals surface area contributed by atoms with Crippen LogP contribution < -0.4 is 10.6 Å². The molecule has 10 nitrogen and oxygen atoms in total. The van der Waals surface area contributed by atoms with E-state index in [9.17, 15) is 27.2 Å². The highest BCUT2D eigenvalue weighted by molar-refractivity contribution is 7.89. The summed E-state index contributed by atoms with van der Waals surface area (Å²) in [7, 11) is -4.19. The number of esters is 1. The van der Waals surface area contributed by atoms with Crippen LogP contribution >= 0.6 is 0 Å². The number of morpholine rings is 1. The zero-order valence-electron chi connectivity index (χ0n) is 18.3. The molecular formula is C21H28FN3O7S. The standard InChI is InChI=1S/C21H28FN3O7S/c1-14(19(26)24-21(28)23-16-5-3-2-4-6-16)32-20(27)15-7-8-17(22)18(13-15)33(29,30)25-9-11-31-12-10-25/h7-8,13-14,16H,2-6,9-12H2,1H3,(H2,23,24,26,28). The van der Waals surface area contributed by atoms with Crippen molar-refractivity contribution in [3.05, 3.63) is 29.6 Å². The van der Waals surface area contributed by atoms with Crippen LogP contribution in [0.2, 0.25) is 0 Å². The van der Waals surface area contributed by atoms with E-state index in [-0.39, 0.29) is 37.9 Å². The van der Waals surface area contributed by atoms with Crippen LogP contribution in [-0.2, 0) is 24.3 Å². The summed E-state index contributed by atoms with van der Waals surface area (Å²) in [5, 5.41) is 4.85. The van der Waals surface area contributed by atoms with Gasteiger partial charge in [-0.3, -0.25) is 10.1 Å². The van der Waals surface area contributed by atoms with Gasteiger partial charge < -0.3 is 14.8 Å². The largest absolute Gasteiger partial charge is 0.449 e. The van der Waals surface area contributed by atoms with Crippen LogP contribution in [0.5, 0.6) is 0 Å². The molecule has 182 valence electrons. The van der Waals surface area contributed by atoms with Gasteiger partial charge in [0.05, 0.1) is 18.8 Å². The van der Waals surface area contributed by atoms with Gasteiger partial charge >= 0.3 is 12.0 Å². The molecule has 1 atom stereocenters. The van der Waals surface area contributed by atoms with Crippen LogP contribution in [0.1, 0.15) is 49.4 Å². The molecular weight excluding hydrogens is 457 g/mol. The van der Waals surface area contributed by atoms with Crippen LogP contribution in [0.25, 0.3) is 0 Å². The summed E-state index contributed by atoms with van der Waals surface area (Å²) in [6.45, 7) is 1.77. The van der Waals surface area contributed by atoms with Crippen molar-refractivity contribution < 1.29 is 36.7 Å². The third-order valence-corrected chi connectivity index (χ3v) is 7.50. The SMILES string of the molecule is CC(OC(=O)c1ccc(F)c(S(=O)(=O)N2CCOCC2)c1)C(=O)NC(=O)NC1CCCCC1. The first-order valence-corrected chi connectivity index (χ1v) is 12.3. The second-order valence-corrected chi connectivity index (χ2v) is 9.91.